The highest BCUT2D eigenvalue weighted by atomic mass is 32.1. The van der Waals surface area contributed by atoms with Gasteiger partial charge in [0.1, 0.15) is 26.9 Å². The van der Waals surface area contributed by atoms with Gasteiger partial charge in [0, 0.05) is 37.8 Å². The van der Waals surface area contributed by atoms with Gasteiger partial charge in [-0.05, 0) is 26.3 Å². The number of piperazine rings is 1. The quantitative estimate of drug-likeness (QED) is 0.588. The molecule has 1 atom stereocenters. The number of anilines is 1. The van der Waals surface area contributed by atoms with Gasteiger partial charge in [0.05, 0.1) is 18.0 Å². The number of nitrogens with zero attached hydrogens (tertiary/aromatic N) is 5. The van der Waals surface area contributed by atoms with Crippen molar-refractivity contribution in [3.63, 3.8) is 0 Å². The molecule has 7 nitrogen and oxygen atoms in total. The normalized spacial score (nSPS) is 16.5. The molecule has 0 radical (unpaired) electrons. The van der Waals surface area contributed by atoms with Crippen LogP contribution in [-0.4, -0.2) is 58.6 Å². The summed E-state index contributed by atoms with van der Waals surface area (Å²) in [4.78, 5) is 31.9. The fraction of sp³-hybridized carbons (Fsp3) is 0.474. The second-order valence-electron chi connectivity index (χ2n) is 6.72. The summed E-state index contributed by atoms with van der Waals surface area (Å²) in [5, 5.41) is 4.16. The molecule has 3 aromatic heterocycles. The van der Waals surface area contributed by atoms with Crippen molar-refractivity contribution in [2.75, 3.05) is 37.7 Å². The third-order valence-corrected chi connectivity index (χ3v) is 7.26. The summed E-state index contributed by atoms with van der Waals surface area (Å²) >= 11 is 3.09. The standard InChI is InChI=1S/C19H23N5O2S2/c1-4-26-19(25)15-12(2)14-16(21-11-22-18(14)28-15)24-8-6-23(7-9-24)13(3)17-20-5-10-27-17/h5,10-11,13H,4,6-9H2,1-3H3. The maximum atomic E-state index is 12.3. The molecule has 1 fully saturated rings. The number of ether oxygens (including phenoxy) is 1. The van der Waals surface area contributed by atoms with Crippen LogP contribution in [0.25, 0.3) is 10.2 Å². The topological polar surface area (TPSA) is 71.5 Å². The third kappa shape index (κ3) is 3.49. The van der Waals surface area contributed by atoms with Crippen LogP contribution in [0, 0.1) is 6.92 Å². The van der Waals surface area contributed by atoms with Crippen LogP contribution in [0.2, 0.25) is 0 Å². The van der Waals surface area contributed by atoms with E-state index in [2.05, 4.69) is 31.7 Å². The molecule has 0 aromatic carbocycles. The van der Waals surface area contributed by atoms with Gasteiger partial charge < -0.3 is 9.64 Å². The number of carbonyl (C=O) groups excluding carboxylic acids is 1. The molecule has 0 N–H and O–H groups in total. The molecule has 0 bridgehead atoms. The highest BCUT2D eigenvalue weighted by Crippen LogP contribution is 2.36. The van der Waals surface area contributed by atoms with Gasteiger partial charge in [0.2, 0.25) is 0 Å². The lowest BCUT2D eigenvalue weighted by Gasteiger charge is -2.38. The molecule has 0 aliphatic carbocycles. The number of aryl methyl sites for hydroxylation is 1. The maximum Gasteiger partial charge on any atom is 0.348 e. The van der Waals surface area contributed by atoms with Crippen molar-refractivity contribution in [2.45, 2.75) is 26.8 Å². The molecule has 0 saturated carbocycles. The number of esters is 1. The molecule has 0 amide bonds. The van der Waals surface area contributed by atoms with E-state index < -0.39 is 0 Å². The molecule has 9 heteroatoms. The van der Waals surface area contributed by atoms with Gasteiger partial charge in [-0.15, -0.1) is 22.7 Å². The zero-order valence-corrected chi connectivity index (χ0v) is 17.8. The molecule has 1 unspecified atom stereocenters. The number of aromatic nitrogens is 3. The number of rotatable bonds is 5. The summed E-state index contributed by atoms with van der Waals surface area (Å²) in [6, 6.07) is 0.325. The number of thiazole rings is 1. The van der Waals surface area contributed by atoms with Gasteiger partial charge in [-0.3, -0.25) is 4.90 Å². The summed E-state index contributed by atoms with van der Waals surface area (Å²) in [5.74, 6) is 0.631. The Morgan fingerprint density at radius 1 is 1.25 bits per heavy atom. The Balaban J connectivity index is 1.56. The summed E-state index contributed by atoms with van der Waals surface area (Å²) in [5.41, 5.74) is 0.910. The fourth-order valence-corrected chi connectivity index (χ4v) is 5.37. The third-order valence-electron chi connectivity index (χ3n) is 5.14. The van der Waals surface area contributed by atoms with Crippen LogP contribution in [-0.2, 0) is 4.74 Å². The SMILES string of the molecule is CCOC(=O)c1sc2ncnc(N3CCN(C(C)c4nccs4)CC3)c2c1C. The van der Waals surface area contributed by atoms with E-state index in [4.69, 9.17) is 4.74 Å². The molecule has 1 aliphatic heterocycles. The zero-order chi connectivity index (χ0) is 19.7. The second-order valence-corrected chi connectivity index (χ2v) is 8.65. The minimum absolute atomic E-state index is 0.281. The van der Waals surface area contributed by atoms with Gasteiger partial charge in [0.25, 0.3) is 0 Å². The molecular formula is C19H23N5O2S2. The van der Waals surface area contributed by atoms with Gasteiger partial charge in [-0.2, -0.15) is 0 Å². The molecule has 4 rings (SSSR count). The van der Waals surface area contributed by atoms with Crippen LogP contribution in [0.15, 0.2) is 17.9 Å². The fourth-order valence-electron chi connectivity index (χ4n) is 3.60. The lowest BCUT2D eigenvalue weighted by molar-refractivity contribution is 0.0531. The van der Waals surface area contributed by atoms with Crippen molar-refractivity contribution >= 4 is 44.7 Å². The lowest BCUT2D eigenvalue weighted by atomic mass is 10.1. The first kappa shape index (κ1) is 19.2. The Morgan fingerprint density at radius 2 is 2.04 bits per heavy atom. The molecule has 0 spiro atoms. The monoisotopic (exact) mass is 417 g/mol. The van der Waals surface area contributed by atoms with Crippen LogP contribution >= 0.6 is 22.7 Å². The average molecular weight is 418 g/mol. The van der Waals surface area contributed by atoms with Gasteiger partial charge >= 0.3 is 5.97 Å². The van der Waals surface area contributed by atoms with Crippen molar-refractivity contribution in [3.05, 3.63) is 33.4 Å². The van der Waals surface area contributed by atoms with Crippen LogP contribution < -0.4 is 4.90 Å². The van der Waals surface area contributed by atoms with E-state index in [1.165, 1.54) is 11.3 Å². The smallest absolute Gasteiger partial charge is 0.348 e. The van der Waals surface area contributed by atoms with E-state index >= 15 is 0 Å². The minimum Gasteiger partial charge on any atom is -0.462 e. The molecule has 148 valence electrons. The van der Waals surface area contributed by atoms with Gasteiger partial charge in [-0.25, -0.2) is 19.7 Å². The highest BCUT2D eigenvalue weighted by Gasteiger charge is 2.27. The van der Waals surface area contributed by atoms with Gasteiger partial charge in [0.15, 0.2) is 0 Å². The zero-order valence-electron chi connectivity index (χ0n) is 16.2. The second kappa shape index (κ2) is 8.10. The lowest BCUT2D eigenvalue weighted by Crippen LogP contribution is -2.47. The molecule has 28 heavy (non-hydrogen) atoms. The Hall–Kier alpha value is -2.10. The van der Waals surface area contributed by atoms with Crippen molar-refractivity contribution in [3.8, 4) is 0 Å². The summed E-state index contributed by atoms with van der Waals surface area (Å²) in [6.45, 7) is 10.0. The average Bonchev–Trinajstić information content (AvgIpc) is 3.36. The molecule has 4 heterocycles. The minimum atomic E-state index is -0.281. The molecular weight excluding hydrogens is 394 g/mol. The Morgan fingerprint density at radius 3 is 2.71 bits per heavy atom. The van der Waals surface area contributed by atoms with Crippen molar-refractivity contribution in [2.24, 2.45) is 0 Å². The van der Waals surface area contributed by atoms with Gasteiger partial charge in [-0.1, -0.05) is 0 Å². The number of carbonyl (C=O) groups is 1. The van der Waals surface area contributed by atoms with Crippen molar-refractivity contribution in [1.29, 1.82) is 0 Å². The van der Waals surface area contributed by atoms with Crippen LogP contribution in [0.4, 0.5) is 5.82 Å². The van der Waals surface area contributed by atoms with E-state index in [-0.39, 0.29) is 5.97 Å². The van der Waals surface area contributed by atoms with E-state index in [1.807, 2.05) is 25.4 Å². The molecule has 3 aromatic rings. The molecule has 1 aliphatic rings. The van der Waals surface area contributed by atoms with E-state index in [0.717, 1.165) is 52.8 Å². The number of thiophene rings is 1. The van der Waals surface area contributed by atoms with Crippen molar-refractivity contribution < 1.29 is 9.53 Å². The summed E-state index contributed by atoms with van der Waals surface area (Å²) < 4.78 is 5.20. The first-order valence-corrected chi connectivity index (χ1v) is 11.1. The summed E-state index contributed by atoms with van der Waals surface area (Å²) in [6.07, 6.45) is 3.46. The number of fused-ring (bicyclic) bond motifs is 1. The van der Waals surface area contributed by atoms with Crippen molar-refractivity contribution in [1.82, 2.24) is 19.9 Å². The first-order chi connectivity index (χ1) is 13.6. The predicted molar refractivity (Wildman–Crippen MR) is 112 cm³/mol. The van der Waals surface area contributed by atoms with E-state index in [1.54, 1.807) is 17.7 Å². The van der Waals surface area contributed by atoms with E-state index in [9.17, 15) is 4.79 Å². The number of hydrogen-bond donors (Lipinski definition) is 0. The highest BCUT2D eigenvalue weighted by molar-refractivity contribution is 7.20. The predicted octanol–water partition coefficient (Wildman–Crippen LogP) is 3.52. The Kier molecular flexibility index (Phi) is 5.56. The van der Waals surface area contributed by atoms with Crippen LogP contribution in [0.1, 0.15) is 40.1 Å². The van der Waals surface area contributed by atoms with Crippen LogP contribution in [0.5, 0.6) is 0 Å². The summed E-state index contributed by atoms with van der Waals surface area (Å²) in [7, 11) is 0. The first-order valence-electron chi connectivity index (χ1n) is 9.39. The van der Waals surface area contributed by atoms with Crippen LogP contribution in [0.3, 0.4) is 0 Å². The Labute approximate surface area is 172 Å². The van der Waals surface area contributed by atoms with E-state index in [0.29, 0.717) is 17.5 Å². The largest absolute Gasteiger partial charge is 0.462 e. The Bertz CT molecular complexity index is 964. The maximum absolute atomic E-state index is 12.3. The number of hydrogen-bond acceptors (Lipinski definition) is 9. The molecule has 1 saturated heterocycles.